The van der Waals surface area contributed by atoms with Crippen molar-refractivity contribution in [2.45, 2.75) is 45.6 Å². The van der Waals surface area contributed by atoms with Crippen molar-refractivity contribution in [1.29, 1.82) is 0 Å². The smallest absolute Gasteiger partial charge is 0.409 e. The van der Waals surface area contributed by atoms with E-state index in [0.29, 0.717) is 25.6 Å². The van der Waals surface area contributed by atoms with Gasteiger partial charge in [-0.2, -0.15) is 0 Å². The van der Waals surface area contributed by atoms with Crippen LogP contribution in [0.2, 0.25) is 0 Å². The normalized spacial score (nSPS) is 23.4. The standard InChI is InChI=1S/C14H28N2O3/c1-3-5-6-12-9-13(15-7-8-17)11-16(10-12)14(18)19-4-2/h12-13,15,17H,3-11H2,1-2H3. The van der Waals surface area contributed by atoms with Crippen LogP contribution in [-0.4, -0.2) is 55.0 Å². The van der Waals surface area contributed by atoms with Gasteiger partial charge in [0, 0.05) is 25.7 Å². The summed E-state index contributed by atoms with van der Waals surface area (Å²) in [4.78, 5) is 13.7. The monoisotopic (exact) mass is 272 g/mol. The Morgan fingerprint density at radius 2 is 2.21 bits per heavy atom. The number of nitrogens with zero attached hydrogens (tertiary/aromatic N) is 1. The largest absolute Gasteiger partial charge is 0.450 e. The number of unbranched alkanes of at least 4 members (excludes halogenated alkanes) is 1. The van der Waals surface area contributed by atoms with Crippen LogP contribution in [0.3, 0.4) is 0 Å². The Morgan fingerprint density at radius 3 is 2.84 bits per heavy atom. The highest BCUT2D eigenvalue weighted by Crippen LogP contribution is 2.22. The fourth-order valence-electron chi connectivity index (χ4n) is 2.69. The minimum Gasteiger partial charge on any atom is -0.450 e. The van der Waals surface area contributed by atoms with E-state index < -0.39 is 0 Å². The van der Waals surface area contributed by atoms with Crippen molar-refractivity contribution >= 4 is 6.09 Å². The number of ether oxygens (including phenoxy) is 1. The first-order valence-electron chi connectivity index (χ1n) is 7.47. The number of piperidine rings is 1. The number of rotatable bonds is 7. The summed E-state index contributed by atoms with van der Waals surface area (Å²) in [7, 11) is 0. The highest BCUT2D eigenvalue weighted by atomic mass is 16.6. The van der Waals surface area contributed by atoms with E-state index in [1.54, 1.807) is 0 Å². The molecule has 1 fully saturated rings. The lowest BCUT2D eigenvalue weighted by Crippen LogP contribution is -2.51. The molecule has 19 heavy (non-hydrogen) atoms. The lowest BCUT2D eigenvalue weighted by molar-refractivity contribution is 0.0763. The molecule has 1 amide bonds. The van der Waals surface area contributed by atoms with Gasteiger partial charge in [-0.05, 0) is 25.7 Å². The Kier molecular flexibility index (Phi) is 7.82. The van der Waals surface area contributed by atoms with Crippen molar-refractivity contribution < 1.29 is 14.6 Å². The van der Waals surface area contributed by atoms with Gasteiger partial charge in [0.25, 0.3) is 0 Å². The van der Waals surface area contributed by atoms with E-state index >= 15 is 0 Å². The third-order valence-corrected chi connectivity index (χ3v) is 3.57. The topological polar surface area (TPSA) is 61.8 Å². The van der Waals surface area contributed by atoms with Crippen LogP contribution in [0.5, 0.6) is 0 Å². The molecule has 5 nitrogen and oxygen atoms in total. The highest BCUT2D eigenvalue weighted by Gasteiger charge is 2.29. The second-order valence-electron chi connectivity index (χ2n) is 5.22. The SMILES string of the molecule is CCCCC1CC(NCCO)CN(C(=O)OCC)C1. The van der Waals surface area contributed by atoms with Crippen LogP contribution in [0.25, 0.3) is 0 Å². The zero-order valence-corrected chi connectivity index (χ0v) is 12.2. The molecular formula is C14H28N2O3. The second kappa shape index (κ2) is 9.15. The molecule has 112 valence electrons. The maximum atomic E-state index is 11.9. The quantitative estimate of drug-likeness (QED) is 0.739. The van der Waals surface area contributed by atoms with Crippen molar-refractivity contribution in [3.05, 3.63) is 0 Å². The van der Waals surface area contributed by atoms with Gasteiger partial charge in [0.05, 0.1) is 13.2 Å². The number of aliphatic hydroxyl groups excluding tert-OH is 1. The summed E-state index contributed by atoms with van der Waals surface area (Å²) in [5.41, 5.74) is 0. The number of carbonyl (C=O) groups is 1. The van der Waals surface area contributed by atoms with E-state index in [1.165, 1.54) is 12.8 Å². The predicted octanol–water partition coefficient (Wildman–Crippen LogP) is 1.61. The number of carbonyl (C=O) groups excluding carboxylic acids is 1. The Balaban J connectivity index is 2.52. The van der Waals surface area contributed by atoms with Gasteiger partial charge < -0.3 is 20.1 Å². The van der Waals surface area contributed by atoms with Gasteiger partial charge in [-0.15, -0.1) is 0 Å². The van der Waals surface area contributed by atoms with Crippen LogP contribution in [0.15, 0.2) is 0 Å². The van der Waals surface area contributed by atoms with Gasteiger partial charge >= 0.3 is 6.09 Å². The van der Waals surface area contributed by atoms with Crippen LogP contribution >= 0.6 is 0 Å². The third kappa shape index (κ3) is 5.78. The molecule has 1 heterocycles. The molecule has 0 radical (unpaired) electrons. The third-order valence-electron chi connectivity index (χ3n) is 3.57. The van der Waals surface area contributed by atoms with Crippen molar-refractivity contribution in [3.8, 4) is 0 Å². The summed E-state index contributed by atoms with van der Waals surface area (Å²) in [6.45, 7) is 6.64. The molecule has 0 aromatic carbocycles. The number of aliphatic hydroxyl groups is 1. The molecule has 0 spiro atoms. The van der Waals surface area contributed by atoms with Gasteiger partial charge in [0.1, 0.15) is 0 Å². The lowest BCUT2D eigenvalue weighted by Gasteiger charge is -2.37. The summed E-state index contributed by atoms with van der Waals surface area (Å²) < 4.78 is 5.10. The number of hydrogen-bond donors (Lipinski definition) is 2. The van der Waals surface area contributed by atoms with Crippen molar-refractivity contribution in [2.24, 2.45) is 5.92 Å². The van der Waals surface area contributed by atoms with E-state index in [2.05, 4.69) is 12.2 Å². The molecule has 2 atom stereocenters. The first-order chi connectivity index (χ1) is 9.21. The van der Waals surface area contributed by atoms with Gasteiger partial charge in [-0.25, -0.2) is 4.79 Å². The Hall–Kier alpha value is -0.810. The molecule has 2 unspecified atom stereocenters. The fraction of sp³-hybridized carbons (Fsp3) is 0.929. The average molecular weight is 272 g/mol. The van der Waals surface area contributed by atoms with Crippen molar-refractivity contribution in [1.82, 2.24) is 10.2 Å². The first-order valence-corrected chi connectivity index (χ1v) is 7.47. The summed E-state index contributed by atoms with van der Waals surface area (Å²) in [5.74, 6) is 0.536. The van der Waals surface area contributed by atoms with Crippen molar-refractivity contribution in [3.63, 3.8) is 0 Å². The van der Waals surface area contributed by atoms with Crippen LogP contribution in [-0.2, 0) is 4.74 Å². The minimum absolute atomic E-state index is 0.134. The molecule has 5 heteroatoms. The highest BCUT2D eigenvalue weighted by molar-refractivity contribution is 5.67. The number of amides is 1. The Labute approximate surface area is 116 Å². The maximum absolute atomic E-state index is 11.9. The van der Waals surface area contributed by atoms with Crippen LogP contribution in [0, 0.1) is 5.92 Å². The van der Waals surface area contributed by atoms with Gasteiger partial charge in [0.15, 0.2) is 0 Å². The summed E-state index contributed by atoms with van der Waals surface area (Å²) in [6, 6.07) is 0.271. The number of likely N-dealkylation sites (tertiary alicyclic amines) is 1. The predicted molar refractivity (Wildman–Crippen MR) is 75.1 cm³/mol. The minimum atomic E-state index is -0.209. The molecule has 0 saturated carbocycles. The number of hydrogen-bond acceptors (Lipinski definition) is 4. The Morgan fingerprint density at radius 1 is 1.42 bits per heavy atom. The molecule has 1 rings (SSSR count). The summed E-state index contributed by atoms with van der Waals surface area (Å²) >= 11 is 0. The second-order valence-corrected chi connectivity index (χ2v) is 5.22. The summed E-state index contributed by atoms with van der Waals surface area (Å²) in [5, 5.41) is 12.2. The fourth-order valence-corrected chi connectivity index (χ4v) is 2.69. The molecular weight excluding hydrogens is 244 g/mol. The van der Waals surface area contributed by atoms with Gasteiger partial charge in [-0.1, -0.05) is 19.8 Å². The number of nitrogens with one attached hydrogen (secondary N) is 1. The van der Waals surface area contributed by atoms with Crippen LogP contribution in [0.1, 0.15) is 39.5 Å². The maximum Gasteiger partial charge on any atom is 0.409 e. The molecule has 0 bridgehead atoms. The molecule has 2 N–H and O–H groups in total. The molecule has 0 aliphatic carbocycles. The van der Waals surface area contributed by atoms with Crippen LogP contribution in [0.4, 0.5) is 4.79 Å². The molecule has 1 saturated heterocycles. The molecule has 0 aromatic heterocycles. The zero-order valence-electron chi connectivity index (χ0n) is 12.2. The van der Waals surface area contributed by atoms with E-state index in [0.717, 1.165) is 19.4 Å². The van der Waals surface area contributed by atoms with Gasteiger partial charge in [0.2, 0.25) is 0 Å². The zero-order chi connectivity index (χ0) is 14.1. The molecule has 1 aliphatic heterocycles. The van der Waals surface area contributed by atoms with E-state index in [9.17, 15) is 4.79 Å². The van der Waals surface area contributed by atoms with Gasteiger partial charge in [-0.3, -0.25) is 0 Å². The Bertz CT molecular complexity index is 245. The van der Waals surface area contributed by atoms with E-state index in [4.69, 9.17) is 9.84 Å². The summed E-state index contributed by atoms with van der Waals surface area (Å²) in [6.07, 6.45) is 4.41. The van der Waals surface area contributed by atoms with Crippen LogP contribution < -0.4 is 5.32 Å². The molecule has 0 aromatic rings. The average Bonchev–Trinajstić information content (AvgIpc) is 2.43. The van der Waals surface area contributed by atoms with E-state index in [-0.39, 0.29) is 18.7 Å². The first kappa shape index (κ1) is 16.2. The molecule has 1 aliphatic rings. The van der Waals surface area contributed by atoms with Crippen molar-refractivity contribution in [2.75, 3.05) is 32.8 Å². The van der Waals surface area contributed by atoms with E-state index in [1.807, 2.05) is 11.8 Å². The lowest BCUT2D eigenvalue weighted by atomic mass is 9.90.